The van der Waals surface area contributed by atoms with Gasteiger partial charge in [-0.15, -0.1) is 4.73 Å². The summed E-state index contributed by atoms with van der Waals surface area (Å²) in [5.41, 5.74) is 0.644. The SMILES string of the molecule is CC(C)(C)c1cccc(On2ccccc2=O)n1. The number of pyridine rings is 2. The van der Waals surface area contributed by atoms with E-state index in [1.165, 1.54) is 6.07 Å². The molecule has 18 heavy (non-hydrogen) atoms. The molecular weight excluding hydrogens is 228 g/mol. The minimum absolute atomic E-state index is 0.0545. The van der Waals surface area contributed by atoms with Gasteiger partial charge in [0.25, 0.3) is 5.56 Å². The van der Waals surface area contributed by atoms with Crippen molar-refractivity contribution < 1.29 is 4.84 Å². The van der Waals surface area contributed by atoms with Gasteiger partial charge in [0.15, 0.2) is 0 Å². The minimum atomic E-state index is -0.222. The van der Waals surface area contributed by atoms with Gasteiger partial charge >= 0.3 is 0 Å². The number of nitrogens with zero attached hydrogens (tertiary/aromatic N) is 2. The second-order valence-corrected chi connectivity index (χ2v) is 5.07. The summed E-state index contributed by atoms with van der Waals surface area (Å²) >= 11 is 0. The molecule has 2 aromatic rings. The number of rotatable bonds is 2. The second-order valence-electron chi connectivity index (χ2n) is 5.07. The Labute approximate surface area is 106 Å². The van der Waals surface area contributed by atoms with Crippen molar-refractivity contribution in [3.8, 4) is 5.88 Å². The smallest absolute Gasteiger partial charge is 0.283 e. The molecule has 0 unspecified atom stereocenters. The molecule has 0 aliphatic carbocycles. The molecule has 0 fully saturated rings. The summed E-state index contributed by atoms with van der Waals surface area (Å²) < 4.78 is 1.16. The van der Waals surface area contributed by atoms with Crippen LogP contribution in [0.2, 0.25) is 0 Å². The Morgan fingerprint density at radius 1 is 1.11 bits per heavy atom. The molecule has 2 rings (SSSR count). The van der Waals surface area contributed by atoms with Crippen molar-refractivity contribution in [1.82, 2.24) is 9.71 Å². The maximum Gasteiger partial charge on any atom is 0.283 e. The zero-order valence-electron chi connectivity index (χ0n) is 10.8. The van der Waals surface area contributed by atoms with Crippen LogP contribution in [0.5, 0.6) is 5.88 Å². The summed E-state index contributed by atoms with van der Waals surface area (Å²) in [6.07, 6.45) is 1.56. The summed E-state index contributed by atoms with van der Waals surface area (Å²) in [5.74, 6) is 0.413. The van der Waals surface area contributed by atoms with Crippen LogP contribution in [-0.4, -0.2) is 9.71 Å². The molecule has 0 amide bonds. The lowest BCUT2D eigenvalue weighted by atomic mass is 9.92. The highest BCUT2D eigenvalue weighted by Gasteiger charge is 2.16. The van der Waals surface area contributed by atoms with Crippen LogP contribution in [0.3, 0.4) is 0 Å². The summed E-state index contributed by atoms with van der Waals surface area (Å²) in [5, 5.41) is 0. The van der Waals surface area contributed by atoms with E-state index in [1.54, 1.807) is 24.4 Å². The zero-order chi connectivity index (χ0) is 13.2. The highest BCUT2D eigenvalue weighted by Crippen LogP contribution is 2.21. The maximum atomic E-state index is 11.5. The summed E-state index contributed by atoms with van der Waals surface area (Å²) in [6.45, 7) is 6.23. The molecule has 0 spiro atoms. The first-order valence-electron chi connectivity index (χ1n) is 5.80. The van der Waals surface area contributed by atoms with Crippen molar-refractivity contribution >= 4 is 0 Å². The standard InChI is InChI=1S/C14H16N2O2/c1-14(2,3)11-7-6-8-12(15-11)18-16-10-5-4-9-13(16)17/h4-10H,1-3H3. The Balaban J connectivity index is 2.31. The number of hydrogen-bond acceptors (Lipinski definition) is 3. The first-order chi connectivity index (χ1) is 8.47. The van der Waals surface area contributed by atoms with Gasteiger partial charge in [-0.3, -0.25) is 4.79 Å². The lowest BCUT2D eigenvalue weighted by Crippen LogP contribution is -2.23. The monoisotopic (exact) mass is 244 g/mol. The summed E-state index contributed by atoms with van der Waals surface area (Å²) in [6, 6.07) is 10.4. The van der Waals surface area contributed by atoms with E-state index >= 15 is 0 Å². The molecule has 0 aliphatic heterocycles. The van der Waals surface area contributed by atoms with E-state index in [9.17, 15) is 4.79 Å². The van der Waals surface area contributed by atoms with Crippen molar-refractivity contribution in [2.24, 2.45) is 0 Å². The van der Waals surface area contributed by atoms with Crippen molar-refractivity contribution in [2.75, 3.05) is 0 Å². The largest absolute Gasteiger partial charge is 0.352 e. The molecule has 0 saturated heterocycles. The fourth-order valence-electron chi connectivity index (χ4n) is 1.47. The molecule has 0 atom stereocenters. The van der Waals surface area contributed by atoms with Crippen molar-refractivity contribution in [3.05, 3.63) is 58.6 Å². The third-order valence-electron chi connectivity index (χ3n) is 2.47. The first-order valence-corrected chi connectivity index (χ1v) is 5.80. The Hall–Kier alpha value is -2.10. The number of hydrogen-bond donors (Lipinski definition) is 0. The van der Waals surface area contributed by atoms with Crippen LogP contribution < -0.4 is 10.4 Å². The molecule has 2 aromatic heterocycles. The maximum absolute atomic E-state index is 11.5. The fourth-order valence-corrected chi connectivity index (χ4v) is 1.47. The second kappa shape index (κ2) is 4.64. The molecule has 4 heteroatoms. The molecule has 0 N–H and O–H groups in total. The highest BCUT2D eigenvalue weighted by molar-refractivity contribution is 5.20. The Morgan fingerprint density at radius 3 is 2.56 bits per heavy atom. The zero-order valence-corrected chi connectivity index (χ0v) is 10.8. The average Bonchev–Trinajstić information content (AvgIpc) is 2.31. The van der Waals surface area contributed by atoms with Gasteiger partial charge < -0.3 is 4.84 Å². The van der Waals surface area contributed by atoms with Crippen molar-refractivity contribution in [3.63, 3.8) is 0 Å². The molecule has 0 radical (unpaired) electrons. The molecule has 0 aliphatic rings. The van der Waals surface area contributed by atoms with Gasteiger partial charge in [-0.05, 0) is 12.1 Å². The molecule has 2 heterocycles. The van der Waals surface area contributed by atoms with Gasteiger partial charge in [0.05, 0.1) is 0 Å². The Morgan fingerprint density at radius 2 is 1.89 bits per heavy atom. The van der Waals surface area contributed by atoms with E-state index in [4.69, 9.17) is 4.84 Å². The predicted octanol–water partition coefficient (Wildman–Crippen LogP) is 2.38. The van der Waals surface area contributed by atoms with Gasteiger partial charge in [0.1, 0.15) is 0 Å². The van der Waals surface area contributed by atoms with Gasteiger partial charge in [-0.25, -0.2) is 4.98 Å². The van der Waals surface area contributed by atoms with Crippen LogP contribution >= 0.6 is 0 Å². The fraction of sp³-hybridized carbons (Fsp3) is 0.286. The van der Waals surface area contributed by atoms with E-state index in [-0.39, 0.29) is 11.0 Å². The van der Waals surface area contributed by atoms with Gasteiger partial charge in [-0.1, -0.05) is 32.9 Å². The van der Waals surface area contributed by atoms with E-state index in [0.717, 1.165) is 10.4 Å². The summed E-state index contributed by atoms with van der Waals surface area (Å²) in [4.78, 5) is 21.4. The van der Waals surface area contributed by atoms with E-state index in [1.807, 2.05) is 12.1 Å². The Bertz CT molecular complexity index is 597. The molecule has 0 bridgehead atoms. The molecule has 0 aromatic carbocycles. The first kappa shape index (κ1) is 12.4. The van der Waals surface area contributed by atoms with E-state index in [0.29, 0.717) is 5.88 Å². The van der Waals surface area contributed by atoms with Crippen LogP contribution in [-0.2, 0) is 5.41 Å². The molecule has 4 nitrogen and oxygen atoms in total. The Kier molecular flexibility index (Phi) is 3.19. The quantitative estimate of drug-likeness (QED) is 0.814. The van der Waals surface area contributed by atoms with Crippen LogP contribution in [0.1, 0.15) is 26.5 Å². The van der Waals surface area contributed by atoms with Crippen LogP contribution in [0, 0.1) is 0 Å². The topological polar surface area (TPSA) is 44.1 Å². The van der Waals surface area contributed by atoms with Crippen molar-refractivity contribution in [2.45, 2.75) is 26.2 Å². The van der Waals surface area contributed by atoms with Gasteiger partial charge in [0.2, 0.25) is 5.88 Å². The van der Waals surface area contributed by atoms with Crippen molar-refractivity contribution in [1.29, 1.82) is 0 Å². The molecule has 94 valence electrons. The highest BCUT2D eigenvalue weighted by atomic mass is 16.7. The van der Waals surface area contributed by atoms with E-state index in [2.05, 4.69) is 25.8 Å². The average molecular weight is 244 g/mol. The third-order valence-corrected chi connectivity index (χ3v) is 2.47. The minimum Gasteiger partial charge on any atom is -0.352 e. The lowest BCUT2D eigenvalue weighted by Gasteiger charge is -2.18. The van der Waals surface area contributed by atoms with E-state index < -0.39 is 0 Å². The third kappa shape index (κ3) is 2.77. The normalized spacial score (nSPS) is 11.3. The number of aromatic nitrogens is 2. The van der Waals surface area contributed by atoms with Crippen LogP contribution in [0.25, 0.3) is 0 Å². The molecule has 0 saturated carbocycles. The summed E-state index contributed by atoms with van der Waals surface area (Å²) in [7, 11) is 0. The molecular formula is C14H16N2O2. The van der Waals surface area contributed by atoms with Crippen LogP contribution in [0.4, 0.5) is 0 Å². The van der Waals surface area contributed by atoms with Gasteiger partial charge in [-0.2, -0.15) is 0 Å². The van der Waals surface area contributed by atoms with Gasteiger partial charge in [0, 0.05) is 29.4 Å². The lowest BCUT2D eigenvalue weighted by molar-refractivity contribution is 0.194. The van der Waals surface area contributed by atoms with Crippen LogP contribution in [0.15, 0.2) is 47.4 Å². The predicted molar refractivity (Wildman–Crippen MR) is 69.7 cm³/mol.